The van der Waals surface area contributed by atoms with E-state index in [-0.39, 0.29) is 11.7 Å². The summed E-state index contributed by atoms with van der Waals surface area (Å²) in [6, 6.07) is 0. The SMILES string of the molecule is CCCC(CCC)=C1OC(=O)N(C)C1=O. The van der Waals surface area contributed by atoms with E-state index in [1.165, 1.54) is 7.05 Å². The Bertz CT molecular complexity index is 299. The molecule has 0 aromatic heterocycles. The summed E-state index contributed by atoms with van der Waals surface area (Å²) in [5.41, 5.74) is 0.961. The van der Waals surface area contributed by atoms with Crippen LogP contribution in [0.2, 0.25) is 0 Å². The topological polar surface area (TPSA) is 46.6 Å². The smallest absolute Gasteiger partial charge is 0.404 e. The molecule has 0 atom stereocenters. The van der Waals surface area contributed by atoms with Crippen molar-refractivity contribution < 1.29 is 14.3 Å². The van der Waals surface area contributed by atoms with Gasteiger partial charge in [-0.15, -0.1) is 0 Å². The summed E-state index contributed by atoms with van der Waals surface area (Å²) in [7, 11) is 1.44. The average molecular weight is 211 g/mol. The number of nitrogens with zero attached hydrogens (tertiary/aromatic N) is 1. The van der Waals surface area contributed by atoms with Gasteiger partial charge >= 0.3 is 6.09 Å². The van der Waals surface area contributed by atoms with Crippen molar-refractivity contribution in [3.63, 3.8) is 0 Å². The highest BCUT2D eigenvalue weighted by Crippen LogP contribution is 2.24. The molecule has 1 rings (SSSR count). The van der Waals surface area contributed by atoms with Gasteiger partial charge in [0.15, 0.2) is 5.76 Å². The molecule has 4 nitrogen and oxygen atoms in total. The number of hydrogen-bond donors (Lipinski definition) is 0. The summed E-state index contributed by atoms with van der Waals surface area (Å²) in [6.07, 6.45) is 2.96. The van der Waals surface area contributed by atoms with Gasteiger partial charge < -0.3 is 4.74 Å². The number of cyclic esters (lactones) is 1. The predicted molar refractivity (Wildman–Crippen MR) is 56.1 cm³/mol. The average Bonchev–Trinajstić information content (AvgIpc) is 2.46. The minimum Gasteiger partial charge on any atom is -0.404 e. The van der Waals surface area contributed by atoms with Gasteiger partial charge in [-0.3, -0.25) is 4.79 Å². The molecular weight excluding hydrogens is 194 g/mol. The van der Waals surface area contributed by atoms with E-state index >= 15 is 0 Å². The number of hydrogen-bond acceptors (Lipinski definition) is 3. The molecule has 0 aromatic rings. The van der Waals surface area contributed by atoms with Crippen molar-refractivity contribution in [3.05, 3.63) is 11.3 Å². The highest BCUT2D eigenvalue weighted by atomic mass is 16.6. The van der Waals surface area contributed by atoms with Crippen molar-refractivity contribution in [2.75, 3.05) is 7.05 Å². The van der Waals surface area contributed by atoms with Crippen LogP contribution in [0.15, 0.2) is 11.3 Å². The Labute approximate surface area is 89.9 Å². The van der Waals surface area contributed by atoms with Gasteiger partial charge in [0.05, 0.1) is 0 Å². The fraction of sp³-hybridized carbons (Fsp3) is 0.636. The van der Waals surface area contributed by atoms with E-state index in [0.29, 0.717) is 0 Å². The number of carbonyl (C=O) groups is 2. The van der Waals surface area contributed by atoms with Gasteiger partial charge in [0.25, 0.3) is 5.91 Å². The summed E-state index contributed by atoms with van der Waals surface area (Å²) >= 11 is 0. The lowest BCUT2D eigenvalue weighted by Crippen LogP contribution is -2.23. The van der Waals surface area contributed by atoms with E-state index in [9.17, 15) is 9.59 Å². The second-order valence-corrected chi connectivity index (χ2v) is 3.66. The zero-order valence-electron chi connectivity index (χ0n) is 9.50. The number of likely N-dealkylation sites (N-methyl/N-ethyl adjacent to an activating group) is 1. The third-order valence-corrected chi connectivity index (χ3v) is 2.39. The van der Waals surface area contributed by atoms with Crippen LogP contribution in [0.25, 0.3) is 0 Å². The molecule has 0 aliphatic carbocycles. The second-order valence-electron chi connectivity index (χ2n) is 3.66. The van der Waals surface area contributed by atoms with Crippen LogP contribution in [-0.2, 0) is 9.53 Å². The van der Waals surface area contributed by atoms with E-state index in [4.69, 9.17) is 4.74 Å². The van der Waals surface area contributed by atoms with Gasteiger partial charge in [-0.05, 0) is 18.4 Å². The van der Waals surface area contributed by atoms with Crippen LogP contribution in [0.5, 0.6) is 0 Å². The fourth-order valence-electron chi connectivity index (χ4n) is 1.61. The Balaban J connectivity index is 2.94. The van der Waals surface area contributed by atoms with E-state index < -0.39 is 6.09 Å². The standard InChI is InChI=1S/C11H17NO3/c1-4-6-8(7-5-2)9-10(13)12(3)11(14)15-9/h4-7H2,1-3H3. The first-order valence-electron chi connectivity index (χ1n) is 5.33. The Morgan fingerprint density at radius 1 is 1.20 bits per heavy atom. The molecule has 1 heterocycles. The quantitative estimate of drug-likeness (QED) is 0.671. The largest absolute Gasteiger partial charge is 0.422 e. The number of carbonyl (C=O) groups excluding carboxylic acids is 2. The van der Waals surface area contributed by atoms with E-state index in [0.717, 1.165) is 36.2 Å². The summed E-state index contributed by atoms with van der Waals surface area (Å²) in [5, 5.41) is 0. The van der Waals surface area contributed by atoms with Crippen LogP contribution >= 0.6 is 0 Å². The Kier molecular flexibility index (Phi) is 3.88. The van der Waals surface area contributed by atoms with Crippen molar-refractivity contribution in [3.8, 4) is 0 Å². The van der Waals surface area contributed by atoms with Crippen LogP contribution in [0, 0.1) is 0 Å². The van der Waals surface area contributed by atoms with Crippen LogP contribution in [-0.4, -0.2) is 23.9 Å². The van der Waals surface area contributed by atoms with Crippen molar-refractivity contribution in [1.29, 1.82) is 0 Å². The lowest BCUT2D eigenvalue weighted by molar-refractivity contribution is -0.122. The van der Waals surface area contributed by atoms with Crippen molar-refractivity contribution >= 4 is 12.0 Å². The molecule has 0 saturated carbocycles. The van der Waals surface area contributed by atoms with Crippen LogP contribution < -0.4 is 0 Å². The molecular formula is C11H17NO3. The number of rotatable bonds is 4. The first kappa shape index (κ1) is 11.8. The lowest BCUT2D eigenvalue weighted by atomic mass is 10.0. The van der Waals surface area contributed by atoms with Crippen LogP contribution in [0.1, 0.15) is 39.5 Å². The molecule has 1 aliphatic heterocycles. The molecule has 4 heteroatoms. The maximum absolute atomic E-state index is 11.6. The monoisotopic (exact) mass is 211 g/mol. The van der Waals surface area contributed by atoms with Gasteiger partial charge in [-0.2, -0.15) is 0 Å². The molecule has 1 fully saturated rings. The highest BCUT2D eigenvalue weighted by molar-refractivity contribution is 6.07. The second kappa shape index (κ2) is 4.96. The van der Waals surface area contributed by atoms with Gasteiger partial charge in [-0.1, -0.05) is 26.7 Å². The molecule has 0 spiro atoms. The molecule has 0 aromatic carbocycles. The van der Waals surface area contributed by atoms with Crippen molar-refractivity contribution in [2.45, 2.75) is 39.5 Å². The van der Waals surface area contributed by atoms with Crippen molar-refractivity contribution in [2.24, 2.45) is 0 Å². The number of amides is 2. The fourth-order valence-corrected chi connectivity index (χ4v) is 1.61. The minimum atomic E-state index is -0.570. The summed E-state index contributed by atoms with van der Waals surface area (Å²) in [4.78, 5) is 23.8. The maximum Gasteiger partial charge on any atom is 0.422 e. The van der Waals surface area contributed by atoms with E-state index in [1.54, 1.807) is 0 Å². The number of imide groups is 1. The van der Waals surface area contributed by atoms with Crippen LogP contribution in [0.3, 0.4) is 0 Å². The zero-order valence-corrected chi connectivity index (χ0v) is 9.50. The van der Waals surface area contributed by atoms with Gasteiger partial charge in [0.2, 0.25) is 0 Å². The summed E-state index contributed by atoms with van der Waals surface area (Å²) in [5.74, 6) is -0.0527. The predicted octanol–water partition coefficient (Wildman–Crippen LogP) is 2.45. The molecule has 2 amide bonds. The summed E-state index contributed by atoms with van der Waals surface area (Å²) < 4.78 is 4.97. The first-order valence-corrected chi connectivity index (χ1v) is 5.33. The molecule has 0 bridgehead atoms. The third kappa shape index (κ3) is 2.37. The number of ether oxygens (including phenoxy) is 1. The lowest BCUT2D eigenvalue weighted by Gasteiger charge is -2.05. The number of allylic oxidation sites excluding steroid dienone is 1. The van der Waals surface area contributed by atoms with Gasteiger partial charge in [0.1, 0.15) is 0 Å². The molecule has 15 heavy (non-hydrogen) atoms. The normalized spacial score (nSPS) is 15.9. The van der Waals surface area contributed by atoms with E-state index in [2.05, 4.69) is 0 Å². The van der Waals surface area contributed by atoms with Crippen LogP contribution in [0.4, 0.5) is 4.79 Å². The Morgan fingerprint density at radius 2 is 1.73 bits per heavy atom. The molecule has 0 unspecified atom stereocenters. The molecule has 0 radical (unpaired) electrons. The van der Waals surface area contributed by atoms with Gasteiger partial charge in [0, 0.05) is 7.05 Å². The molecule has 0 N–H and O–H groups in total. The Hall–Kier alpha value is -1.32. The van der Waals surface area contributed by atoms with E-state index in [1.807, 2.05) is 13.8 Å². The van der Waals surface area contributed by atoms with Crippen molar-refractivity contribution in [1.82, 2.24) is 4.90 Å². The molecule has 84 valence electrons. The summed E-state index contributed by atoms with van der Waals surface area (Å²) in [6.45, 7) is 4.09. The minimum absolute atomic E-state index is 0.256. The molecule has 1 saturated heterocycles. The Morgan fingerprint density at radius 3 is 2.07 bits per heavy atom. The zero-order chi connectivity index (χ0) is 11.4. The van der Waals surface area contributed by atoms with Gasteiger partial charge in [-0.25, -0.2) is 9.69 Å². The maximum atomic E-state index is 11.6. The first-order chi connectivity index (χ1) is 7.11. The third-order valence-electron chi connectivity index (χ3n) is 2.39. The molecule has 1 aliphatic rings. The highest BCUT2D eigenvalue weighted by Gasteiger charge is 2.35.